The molecule has 2 amide bonds. The van der Waals surface area contributed by atoms with Gasteiger partial charge in [-0.05, 0) is 20.8 Å². The second-order valence-corrected chi connectivity index (χ2v) is 21.9. The van der Waals surface area contributed by atoms with Gasteiger partial charge < -0.3 is 152 Å². The fourth-order valence-corrected chi connectivity index (χ4v) is 11.1. The molecule has 37 heteroatoms. The van der Waals surface area contributed by atoms with Gasteiger partial charge in [0, 0.05) is 33.2 Å². The summed E-state index contributed by atoms with van der Waals surface area (Å²) in [4.78, 5) is 51.4. The number of carbonyl (C=O) groups is 3. The molecule has 13 N–H and O–H groups in total. The van der Waals surface area contributed by atoms with E-state index in [0.29, 0.717) is 13.2 Å². The van der Waals surface area contributed by atoms with Gasteiger partial charge in [0.25, 0.3) is 7.82 Å². The summed E-state index contributed by atoms with van der Waals surface area (Å²) in [6.45, 7) is 5.58. The number of carbonyl (C=O) groups excluding carboxylic acids is 3. The number of phosphoric acid groups is 1. The van der Waals surface area contributed by atoms with E-state index in [1.807, 2.05) is 0 Å². The predicted molar refractivity (Wildman–Crippen MR) is 253 cm³/mol. The Kier molecular flexibility index (Phi) is 30.5. The third-order valence-electron chi connectivity index (χ3n) is 14.4. The molecule has 0 aromatic heterocycles. The molecule has 0 radical (unpaired) electrons. The number of aliphatic hydroxyl groups is 9. The summed E-state index contributed by atoms with van der Waals surface area (Å²) in [5.41, 5.74) is 5.42. The van der Waals surface area contributed by atoms with Crippen molar-refractivity contribution in [1.29, 1.82) is 0 Å². The van der Waals surface area contributed by atoms with Crippen molar-refractivity contribution in [3.8, 4) is 0 Å². The zero-order valence-corrected chi connectivity index (χ0v) is 53.9. The molecule has 15 unspecified atom stereocenters. The van der Waals surface area contributed by atoms with Gasteiger partial charge >= 0.3 is 103 Å². The number of aliphatic hydroxyl groups excluding tert-OH is 9. The Morgan fingerprint density at radius 3 is 1.66 bits per heavy atom. The monoisotopic (exact) mass is 1280 g/mol. The SMILES string of the molecule is CC(=O)NC1C(O[C@@H]2OC(C(=O)[O-])[C@H](O[C@@H]3OC(CO)[C@@H](OC4O[C@H](C)[C@@H](O)C[C@H]4O)C(O[C@@H]4OC5COP(=O)([O-])O[C@@H]5C(O)C4OC4O[C@@H](C)[C@H](O)C[C@@H]4O)C3NC(C)=O)C(O)C2O)[C@H](O)C(C)O[C@H]1OCCOCCOCCN.[K+].[K+]. The summed E-state index contributed by atoms with van der Waals surface area (Å²) in [6, 6.07) is -3.27. The van der Waals surface area contributed by atoms with Crippen LogP contribution < -0.4 is 129 Å². The molecule has 83 heavy (non-hydrogen) atoms. The third kappa shape index (κ3) is 19.2. The van der Waals surface area contributed by atoms with Gasteiger partial charge in [-0.2, -0.15) is 0 Å². The molecular weight excluding hydrogens is 1200 g/mol. The molecule has 7 heterocycles. The van der Waals surface area contributed by atoms with Crippen LogP contribution in [0.15, 0.2) is 0 Å². The van der Waals surface area contributed by atoms with Crippen molar-refractivity contribution in [1.82, 2.24) is 10.6 Å². The number of carboxylic acids is 1. The first kappa shape index (κ1) is 74.6. The number of aliphatic carboxylic acids is 1. The first-order chi connectivity index (χ1) is 38.3. The number of carboxylic acid groups (broad SMARTS) is 1. The third-order valence-corrected chi connectivity index (χ3v) is 15.4. The normalized spacial score (nSPS) is 45.6. The molecule has 0 aromatic rings. The van der Waals surface area contributed by atoms with Gasteiger partial charge in [0.2, 0.25) is 11.8 Å². The van der Waals surface area contributed by atoms with E-state index >= 15 is 0 Å². The Labute approximate surface area is 561 Å². The van der Waals surface area contributed by atoms with Crippen molar-refractivity contribution in [3.05, 3.63) is 0 Å². The number of hydrogen-bond acceptors (Lipinski definition) is 32. The predicted octanol–water partition coefficient (Wildman–Crippen LogP) is -15.4. The summed E-state index contributed by atoms with van der Waals surface area (Å²) >= 11 is 0. The van der Waals surface area contributed by atoms with E-state index < -0.39 is 211 Å². The topological polar surface area (TPSA) is 494 Å². The maximum absolute atomic E-state index is 13.3. The smallest absolute Gasteiger partial charge is 0.756 e. The fraction of sp³-hybridized carbons (Fsp3) is 0.935. The number of rotatable bonds is 23. The fourth-order valence-electron chi connectivity index (χ4n) is 10.2. The molecule has 7 aliphatic heterocycles. The minimum absolute atomic E-state index is 0. The van der Waals surface area contributed by atoms with Gasteiger partial charge in [0.15, 0.2) is 37.7 Å². The molecule has 7 fully saturated rings. The second-order valence-electron chi connectivity index (χ2n) is 20.5. The van der Waals surface area contributed by atoms with Gasteiger partial charge in [-0.1, -0.05) is 0 Å². The summed E-state index contributed by atoms with van der Waals surface area (Å²) in [7, 11) is -5.07. The first-order valence-electron chi connectivity index (χ1n) is 26.4. The molecule has 7 aliphatic rings. The molecule has 29 atom stereocenters. The van der Waals surface area contributed by atoms with Gasteiger partial charge in [0.05, 0.1) is 82.7 Å². The van der Waals surface area contributed by atoms with Crippen LogP contribution >= 0.6 is 7.82 Å². The van der Waals surface area contributed by atoms with Crippen LogP contribution in [0.4, 0.5) is 0 Å². The van der Waals surface area contributed by atoms with Crippen LogP contribution in [0.5, 0.6) is 0 Å². The summed E-state index contributed by atoms with van der Waals surface area (Å²) < 4.78 is 105. The first-order valence-corrected chi connectivity index (χ1v) is 27.9. The zero-order chi connectivity index (χ0) is 59.2. The Bertz CT molecular complexity index is 2090. The van der Waals surface area contributed by atoms with E-state index in [9.17, 15) is 74.9 Å². The molecule has 7 saturated heterocycles. The number of ether oxygens (including phenoxy) is 14. The van der Waals surface area contributed by atoms with Crippen LogP contribution in [0, 0.1) is 0 Å². The molecule has 0 aliphatic carbocycles. The van der Waals surface area contributed by atoms with Crippen molar-refractivity contribution in [3.63, 3.8) is 0 Å². The average Bonchev–Trinajstić information content (AvgIpc) is 3.45. The van der Waals surface area contributed by atoms with Crippen LogP contribution in [0.25, 0.3) is 0 Å². The standard InChI is InChI=1S/C46H78N3O31P.2K/c1-16-21(53)12-23(55)41(69-16)74-34-25(14-50)72-44(28(49-20(5)52)36(34)76-46-38(78-42-24(56)13-22(54)17(2)70-42)32(60)33-26(73-46)15-68-81(63,64)80-33)77-37-30(58)31(59)45(79-39(37)40(61)62)75-35-27(48-19(4)51)43(71-18(3)29(35)57)67-11-10-66-9-8-65-7-6-47;;/h16-18,21-39,41-46,50,53-60H,6-15,47H2,1-5H3,(H,48,51)(H,49,52)(H,61,62)(H,63,64);;/q;2*+1/p-2/t16-,17+,18?,21+,22-,23-,24+,25?,26?,27?,28?,29-,30?,31?,32?,33+,34-,35?,36?,37-,38?,39?,41?,42?,43-,44+,45-,46+;;/m1../s1. The summed E-state index contributed by atoms with van der Waals surface area (Å²) in [5, 5.41) is 119. The van der Waals surface area contributed by atoms with E-state index in [2.05, 4.69) is 10.6 Å². The van der Waals surface area contributed by atoms with E-state index in [-0.39, 0.29) is 142 Å². The molecule has 7 rings (SSSR count). The van der Waals surface area contributed by atoms with Crippen molar-refractivity contribution in [2.75, 3.05) is 52.8 Å². The van der Waals surface area contributed by atoms with Crippen LogP contribution in [0.3, 0.4) is 0 Å². The number of hydrogen-bond donors (Lipinski definition) is 12. The van der Waals surface area contributed by atoms with E-state index in [1.54, 1.807) is 0 Å². The molecule has 0 bridgehead atoms. The van der Waals surface area contributed by atoms with Crippen LogP contribution in [0.2, 0.25) is 0 Å². The van der Waals surface area contributed by atoms with Crippen molar-refractivity contribution in [2.24, 2.45) is 5.73 Å². The largest absolute Gasteiger partial charge is 1.00 e. The zero-order valence-electron chi connectivity index (χ0n) is 46.8. The minimum atomic E-state index is -5.07. The maximum atomic E-state index is 13.3. The Balaban J connectivity index is 0.00000631. The second kappa shape index (κ2) is 33.9. The minimum Gasteiger partial charge on any atom is -0.756 e. The quantitative estimate of drug-likeness (QED) is 0.0257. The van der Waals surface area contributed by atoms with E-state index in [4.69, 9.17) is 81.1 Å². The van der Waals surface area contributed by atoms with Gasteiger partial charge in [0.1, 0.15) is 104 Å². The molecular formula is C46H76K2N3O31P. The molecule has 0 saturated carbocycles. The van der Waals surface area contributed by atoms with Crippen molar-refractivity contribution >= 4 is 25.6 Å². The summed E-state index contributed by atoms with van der Waals surface area (Å²) in [6.07, 6.45) is -45.6. The molecule has 0 spiro atoms. The Hall–Kier alpha value is 0.833. The van der Waals surface area contributed by atoms with Gasteiger partial charge in [-0.15, -0.1) is 0 Å². The van der Waals surface area contributed by atoms with Crippen LogP contribution in [0.1, 0.15) is 47.5 Å². The van der Waals surface area contributed by atoms with Crippen LogP contribution in [-0.4, -0.2) is 288 Å². The number of amides is 2. The Morgan fingerprint density at radius 1 is 0.578 bits per heavy atom. The van der Waals surface area contributed by atoms with Crippen molar-refractivity contribution < 1.29 is 253 Å². The van der Waals surface area contributed by atoms with E-state index in [0.717, 1.165) is 13.8 Å². The van der Waals surface area contributed by atoms with Crippen LogP contribution in [-0.2, 0) is 94.3 Å². The Morgan fingerprint density at radius 2 is 1.10 bits per heavy atom. The van der Waals surface area contributed by atoms with E-state index in [1.165, 1.54) is 20.8 Å². The average molecular weight is 1280 g/mol. The van der Waals surface area contributed by atoms with Gasteiger partial charge in [-0.3, -0.25) is 14.2 Å². The summed E-state index contributed by atoms with van der Waals surface area (Å²) in [5.74, 6) is -3.66. The number of nitrogens with two attached hydrogens (primary N) is 1. The van der Waals surface area contributed by atoms with Crippen molar-refractivity contribution in [2.45, 2.75) is 219 Å². The molecule has 468 valence electrons. The number of phosphoric ester groups is 1. The number of fused-ring (bicyclic) bond motifs is 1. The maximum Gasteiger partial charge on any atom is 1.00 e. The number of nitrogens with one attached hydrogen (secondary N) is 2. The van der Waals surface area contributed by atoms with Gasteiger partial charge in [-0.25, -0.2) is 0 Å². The molecule has 34 nitrogen and oxygen atoms in total. The molecule has 0 aromatic carbocycles.